The summed E-state index contributed by atoms with van der Waals surface area (Å²) in [6.07, 6.45) is 1.88. The highest BCUT2D eigenvalue weighted by molar-refractivity contribution is 6.30. The van der Waals surface area contributed by atoms with Crippen LogP contribution < -0.4 is 10.1 Å². The molecule has 0 radical (unpaired) electrons. The van der Waals surface area contributed by atoms with Gasteiger partial charge < -0.3 is 14.6 Å². The Balaban J connectivity index is 1.77. The lowest BCUT2D eigenvalue weighted by atomic mass is 9.94. The Morgan fingerprint density at radius 2 is 1.88 bits per heavy atom. The molecule has 166 valence electrons. The molecule has 2 aromatic carbocycles. The van der Waals surface area contributed by atoms with Crippen LogP contribution in [0.5, 0.6) is 5.75 Å². The molecule has 0 aliphatic carbocycles. The molecule has 0 bridgehead atoms. The number of rotatable bonds is 7. The first-order valence-electron chi connectivity index (χ1n) is 10.5. The van der Waals surface area contributed by atoms with E-state index in [1.807, 2.05) is 43.3 Å². The molecule has 2 amide bonds. The highest BCUT2D eigenvalue weighted by Gasteiger charge is 2.35. The minimum atomic E-state index is -0.426. The Labute approximate surface area is 192 Å². The van der Waals surface area contributed by atoms with Gasteiger partial charge in [0.15, 0.2) is 0 Å². The van der Waals surface area contributed by atoms with E-state index in [-0.39, 0.29) is 6.03 Å². The number of halogens is 1. The number of nitrogens with zero attached hydrogens (tertiary/aromatic N) is 3. The summed E-state index contributed by atoms with van der Waals surface area (Å²) in [5.74, 6) is 1.57. The van der Waals surface area contributed by atoms with Crippen LogP contribution in [0, 0.1) is 0 Å². The van der Waals surface area contributed by atoms with Gasteiger partial charge in [-0.3, -0.25) is 4.90 Å². The Bertz CT molecular complexity index is 1120. The molecule has 1 aliphatic heterocycles. The molecular weight excluding hydrogens is 428 g/mol. The molecule has 0 spiro atoms. The number of unbranched alkanes of at least 4 members (excludes halogenated alkanes) is 1. The van der Waals surface area contributed by atoms with Gasteiger partial charge in [0.1, 0.15) is 5.75 Å². The minimum absolute atomic E-state index is 0.141. The third-order valence-electron chi connectivity index (χ3n) is 5.54. The average molecular weight is 453 g/mol. The molecule has 4 rings (SSSR count). The van der Waals surface area contributed by atoms with Crippen LogP contribution >= 0.6 is 11.6 Å². The summed E-state index contributed by atoms with van der Waals surface area (Å²) in [4.78, 5) is 19.3. The van der Waals surface area contributed by atoms with E-state index in [9.17, 15) is 4.79 Å². The predicted octanol–water partition coefficient (Wildman–Crippen LogP) is 5.70. The number of carbonyl (C=O) groups excluding carboxylic acids is 1. The molecule has 0 saturated carbocycles. The number of methoxy groups -OCH3 is 1. The number of ether oxygens (including phenoxy) is 1. The highest BCUT2D eigenvalue weighted by atomic mass is 35.5. The summed E-state index contributed by atoms with van der Waals surface area (Å²) in [5, 5.41) is 7.92. The maximum absolute atomic E-state index is 12.9. The van der Waals surface area contributed by atoms with E-state index in [4.69, 9.17) is 20.9 Å². The van der Waals surface area contributed by atoms with Gasteiger partial charge in [-0.05, 0) is 55.3 Å². The number of hydrogen-bond acceptors (Lipinski definition) is 5. The Kier molecular flexibility index (Phi) is 6.46. The normalized spacial score (nSPS) is 16.3. The van der Waals surface area contributed by atoms with Gasteiger partial charge in [0, 0.05) is 22.8 Å². The van der Waals surface area contributed by atoms with Crippen molar-refractivity contribution in [2.75, 3.05) is 13.7 Å². The Morgan fingerprint density at radius 3 is 2.53 bits per heavy atom. The fraction of sp³-hybridized carbons (Fsp3) is 0.292. The Hall–Kier alpha value is -3.32. The molecule has 1 aliphatic rings. The van der Waals surface area contributed by atoms with Crippen molar-refractivity contribution in [3.05, 3.63) is 70.7 Å². The van der Waals surface area contributed by atoms with Gasteiger partial charge in [0.05, 0.1) is 18.7 Å². The maximum atomic E-state index is 12.9. The monoisotopic (exact) mass is 452 g/mol. The molecular formula is C24H25ClN4O3. The molecule has 8 heteroatoms. The molecule has 1 N–H and O–H groups in total. The van der Waals surface area contributed by atoms with E-state index in [1.165, 1.54) is 0 Å². The van der Waals surface area contributed by atoms with Gasteiger partial charge in [-0.1, -0.05) is 42.2 Å². The van der Waals surface area contributed by atoms with Crippen LogP contribution in [-0.2, 0) is 0 Å². The lowest BCUT2D eigenvalue weighted by Crippen LogP contribution is -2.46. The Morgan fingerprint density at radius 1 is 1.16 bits per heavy atom. The minimum Gasteiger partial charge on any atom is -0.497 e. The molecule has 1 unspecified atom stereocenters. The molecule has 1 aromatic heterocycles. The molecule has 0 saturated heterocycles. The average Bonchev–Trinajstić information content (AvgIpc) is 3.29. The van der Waals surface area contributed by atoms with Crippen molar-refractivity contribution in [3.63, 3.8) is 0 Å². The predicted molar refractivity (Wildman–Crippen MR) is 123 cm³/mol. The molecule has 7 nitrogen and oxygen atoms in total. The van der Waals surface area contributed by atoms with Crippen molar-refractivity contribution in [2.24, 2.45) is 0 Å². The first-order chi connectivity index (χ1) is 15.5. The lowest BCUT2D eigenvalue weighted by Gasteiger charge is -2.35. The van der Waals surface area contributed by atoms with Crippen LogP contribution in [0.4, 0.5) is 4.79 Å². The highest BCUT2D eigenvalue weighted by Crippen LogP contribution is 2.38. The summed E-state index contributed by atoms with van der Waals surface area (Å²) in [6.45, 7) is 4.63. The van der Waals surface area contributed by atoms with Crippen molar-refractivity contribution in [2.45, 2.75) is 32.7 Å². The van der Waals surface area contributed by atoms with Crippen LogP contribution in [-0.4, -0.2) is 34.7 Å². The summed E-state index contributed by atoms with van der Waals surface area (Å²) >= 11 is 6.00. The molecule has 1 atom stereocenters. The summed E-state index contributed by atoms with van der Waals surface area (Å²) in [5.41, 5.74) is 3.27. The van der Waals surface area contributed by atoms with E-state index in [0.717, 1.165) is 41.0 Å². The van der Waals surface area contributed by atoms with E-state index >= 15 is 0 Å². The maximum Gasteiger partial charge on any atom is 0.322 e. The number of amides is 2. The molecule has 3 aromatic rings. The summed E-state index contributed by atoms with van der Waals surface area (Å²) in [7, 11) is 1.62. The zero-order valence-corrected chi connectivity index (χ0v) is 19.0. The smallest absolute Gasteiger partial charge is 0.322 e. The van der Waals surface area contributed by atoms with E-state index in [1.54, 1.807) is 24.1 Å². The standard InChI is InChI=1S/C24H25ClN4O3/c1-4-5-14-29-15(2)20(21(26-24(29)30)16-8-12-19(31-3)13-9-16)23-27-22(28-32-23)17-6-10-18(25)11-7-17/h6-13,21H,4-5,14H2,1-3H3,(H,26,30). The van der Waals surface area contributed by atoms with Crippen molar-refractivity contribution >= 4 is 23.2 Å². The summed E-state index contributed by atoms with van der Waals surface area (Å²) < 4.78 is 11.0. The molecule has 2 heterocycles. The van der Waals surface area contributed by atoms with Gasteiger partial charge in [0.25, 0.3) is 5.89 Å². The lowest BCUT2D eigenvalue weighted by molar-refractivity contribution is 0.204. The van der Waals surface area contributed by atoms with Crippen molar-refractivity contribution in [1.82, 2.24) is 20.4 Å². The number of aromatic nitrogens is 2. The third kappa shape index (κ3) is 4.34. The molecule has 32 heavy (non-hydrogen) atoms. The zero-order valence-electron chi connectivity index (χ0n) is 18.3. The number of nitrogens with one attached hydrogen (secondary N) is 1. The van der Waals surface area contributed by atoms with Crippen LogP contribution in [0.2, 0.25) is 5.02 Å². The molecule has 0 fully saturated rings. The van der Waals surface area contributed by atoms with Gasteiger partial charge in [-0.2, -0.15) is 4.98 Å². The van der Waals surface area contributed by atoms with Gasteiger partial charge in [0.2, 0.25) is 5.82 Å². The van der Waals surface area contributed by atoms with Gasteiger partial charge in [-0.25, -0.2) is 4.79 Å². The van der Waals surface area contributed by atoms with E-state index in [2.05, 4.69) is 22.4 Å². The number of allylic oxidation sites excluding steroid dienone is 1. The van der Waals surface area contributed by atoms with E-state index < -0.39 is 6.04 Å². The first-order valence-corrected chi connectivity index (χ1v) is 10.9. The first kappa shape index (κ1) is 21.9. The van der Waals surface area contributed by atoms with Gasteiger partial charge in [-0.15, -0.1) is 0 Å². The summed E-state index contributed by atoms with van der Waals surface area (Å²) in [6, 6.07) is 14.3. The van der Waals surface area contributed by atoms with Crippen molar-refractivity contribution < 1.29 is 14.1 Å². The third-order valence-corrected chi connectivity index (χ3v) is 5.79. The second kappa shape index (κ2) is 9.44. The fourth-order valence-corrected chi connectivity index (χ4v) is 3.87. The van der Waals surface area contributed by atoms with Crippen LogP contribution in [0.25, 0.3) is 17.0 Å². The quantitative estimate of drug-likeness (QED) is 0.497. The van der Waals surface area contributed by atoms with E-state index in [0.29, 0.717) is 23.3 Å². The fourth-order valence-electron chi connectivity index (χ4n) is 3.74. The van der Waals surface area contributed by atoms with Crippen LogP contribution in [0.3, 0.4) is 0 Å². The SMILES string of the molecule is CCCCN1C(=O)NC(c2ccc(OC)cc2)C(c2nc(-c3ccc(Cl)cc3)no2)=C1C. The van der Waals surface area contributed by atoms with Crippen molar-refractivity contribution in [1.29, 1.82) is 0 Å². The number of hydrogen-bond donors (Lipinski definition) is 1. The van der Waals surface area contributed by atoms with Crippen LogP contribution in [0.15, 0.2) is 58.8 Å². The topological polar surface area (TPSA) is 80.5 Å². The number of carbonyl (C=O) groups is 1. The largest absolute Gasteiger partial charge is 0.497 e. The van der Waals surface area contributed by atoms with Crippen molar-refractivity contribution in [3.8, 4) is 17.1 Å². The number of urea groups is 1. The van der Waals surface area contributed by atoms with Crippen LogP contribution in [0.1, 0.15) is 44.2 Å². The second-order valence-corrected chi connectivity index (χ2v) is 8.03. The zero-order chi connectivity index (χ0) is 22.7. The number of benzene rings is 2. The second-order valence-electron chi connectivity index (χ2n) is 7.59. The van der Waals surface area contributed by atoms with Gasteiger partial charge >= 0.3 is 6.03 Å².